The molecule has 0 saturated carbocycles. The molecule has 0 spiro atoms. The summed E-state index contributed by atoms with van der Waals surface area (Å²) in [7, 11) is 0. The lowest BCUT2D eigenvalue weighted by molar-refractivity contribution is 1.02. The summed E-state index contributed by atoms with van der Waals surface area (Å²) in [5.41, 5.74) is 4.01. The number of thiophene rings is 1. The molecule has 0 unspecified atom stereocenters. The number of aromatic nitrogens is 2. The average molecular weight is 408 g/mol. The van der Waals surface area contributed by atoms with Gasteiger partial charge in [-0.3, -0.25) is 0 Å². The Morgan fingerprint density at radius 1 is 1.15 bits per heavy atom. The van der Waals surface area contributed by atoms with Gasteiger partial charge < -0.3 is 0 Å². The number of halogens is 1. The molecule has 0 saturated heterocycles. The molecule has 0 atom stereocenters. The molecular weight excluding hydrogens is 394 g/mol. The minimum absolute atomic E-state index is 0.675. The summed E-state index contributed by atoms with van der Waals surface area (Å²) in [5, 5.41) is 14.0. The number of nitrogens with zero attached hydrogens (tertiary/aromatic N) is 3. The Hall–Kier alpha value is -2.39. The SMILES string of the molecule is Cc1nc(SCc2cccc(C#N)c2)c2c(-c3ccc(Cl)cc3)csc2n1. The van der Waals surface area contributed by atoms with Gasteiger partial charge in [-0.1, -0.05) is 35.9 Å². The topological polar surface area (TPSA) is 49.6 Å². The van der Waals surface area contributed by atoms with Crippen molar-refractivity contribution >= 4 is 44.9 Å². The Balaban J connectivity index is 1.74. The van der Waals surface area contributed by atoms with Gasteiger partial charge in [0.15, 0.2) is 0 Å². The van der Waals surface area contributed by atoms with E-state index in [4.69, 9.17) is 21.8 Å². The maximum Gasteiger partial charge on any atom is 0.128 e. The summed E-state index contributed by atoms with van der Waals surface area (Å²) in [4.78, 5) is 10.3. The fourth-order valence-electron chi connectivity index (χ4n) is 2.84. The van der Waals surface area contributed by atoms with Crippen LogP contribution in [0.3, 0.4) is 0 Å². The molecule has 0 aliphatic heterocycles. The van der Waals surface area contributed by atoms with Crippen LogP contribution in [-0.4, -0.2) is 9.97 Å². The van der Waals surface area contributed by atoms with Crippen molar-refractivity contribution in [3.8, 4) is 17.2 Å². The molecule has 4 rings (SSSR count). The van der Waals surface area contributed by atoms with Crippen LogP contribution in [0, 0.1) is 18.3 Å². The number of aryl methyl sites for hydroxylation is 1. The summed E-state index contributed by atoms with van der Waals surface area (Å²) in [6, 6.07) is 17.7. The predicted molar refractivity (Wildman–Crippen MR) is 113 cm³/mol. The molecule has 0 aliphatic carbocycles. The Bertz CT molecular complexity index is 1160. The first kappa shape index (κ1) is 18.0. The van der Waals surface area contributed by atoms with E-state index in [1.165, 1.54) is 0 Å². The third-order valence-corrected chi connectivity index (χ3v) is 6.27. The van der Waals surface area contributed by atoms with Gasteiger partial charge in [-0.25, -0.2) is 9.97 Å². The van der Waals surface area contributed by atoms with E-state index in [1.54, 1.807) is 23.1 Å². The summed E-state index contributed by atoms with van der Waals surface area (Å²) in [6.07, 6.45) is 0. The molecule has 2 heterocycles. The third kappa shape index (κ3) is 3.84. The Kier molecular flexibility index (Phi) is 5.13. The molecule has 0 radical (unpaired) electrons. The van der Waals surface area contributed by atoms with Crippen molar-refractivity contribution in [2.45, 2.75) is 17.7 Å². The minimum Gasteiger partial charge on any atom is -0.226 e. The second kappa shape index (κ2) is 7.69. The minimum atomic E-state index is 0.675. The molecule has 0 bridgehead atoms. The molecular formula is C21H14ClN3S2. The number of nitriles is 1. The van der Waals surface area contributed by atoms with Crippen LogP contribution in [0.2, 0.25) is 5.02 Å². The third-order valence-electron chi connectivity index (χ3n) is 4.10. The molecule has 0 aliphatic rings. The second-order valence-corrected chi connectivity index (χ2v) is 8.27. The molecule has 0 N–H and O–H groups in total. The van der Waals surface area contributed by atoms with Crippen LogP contribution in [0.25, 0.3) is 21.3 Å². The molecule has 0 amide bonds. The largest absolute Gasteiger partial charge is 0.226 e. The average Bonchev–Trinajstić information content (AvgIpc) is 3.10. The van der Waals surface area contributed by atoms with Crippen LogP contribution in [0.1, 0.15) is 17.0 Å². The Labute approximate surface area is 170 Å². The lowest BCUT2D eigenvalue weighted by Gasteiger charge is -2.07. The van der Waals surface area contributed by atoms with Crippen molar-refractivity contribution in [2.75, 3.05) is 0 Å². The van der Waals surface area contributed by atoms with Crippen molar-refractivity contribution in [1.82, 2.24) is 9.97 Å². The monoisotopic (exact) mass is 407 g/mol. The lowest BCUT2D eigenvalue weighted by Crippen LogP contribution is -1.92. The highest BCUT2D eigenvalue weighted by molar-refractivity contribution is 7.98. The van der Waals surface area contributed by atoms with E-state index in [-0.39, 0.29) is 0 Å². The van der Waals surface area contributed by atoms with Gasteiger partial charge in [0.2, 0.25) is 0 Å². The molecule has 0 fully saturated rings. The normalized spacial score (nSPS) is 10.9. The zero-order chi connectivity index (χ0) is 18.8. The summed E-state index contributed by atoms with van der Waals surface area (Å²) in [5.74, 6) is 1.51. The van der Waals surface area contributed by atoms with Crippen LogP contribution in [-0.2, 0) is 5.75 Å². The Morgan fingerprint density at radius 3 is 2.74 bits per heavy atom. The van der Waals surface area contributed by atoms with Crippen LogP contribution < -0.4 is 0 Å². The maximum atomic E-state index is 9.09. The molecule has 27 heavy (non-hydrogen) atoms. The number of benzene rings is 2. The van der Waals surface area contributed by atoms with Crippen LogP contribution in [0.5, 0.6) is 0 Å². The fourth-order valence-corrected chi connectivity index (χ4v) is 5.05. The van der Waals surface area contributed by atoms with E-state index in [2.05, 4.69) is 16.4 Å². The van der Waals surface area contributed by atoms with E-state index >= 15 is 0 Å². The molecule has 2 aromatic carbocycles. The van der Waals surface area contributed by atoms with Gasteiger partial charge in [0.05, 0.1) is 17.0 Å². The summed E-state index contributed by atoms with van der Waals surface area (Å²) in [6.45, 7) is 1.92. The lowest BCUT2D eigenvalue weighted by atomic mass is 10.1. The van der Waals surface area contributed by atoms with Crippen molar-refractivity contribution in [1.29, 1.82) is 5.26 Å². The van der Waals surface area contributed by atoms with Crippen molar-refractivity contribution in [3.05, 3.63) is 75.9 Å². The van der Waals surface area contributed by atoms with Gasteiger partial charge in [0, 0.05) is 21.7 Å². The first-order valence-electron chi connectivity index (χ1n) is 8.27. The van der Waals surface area contributed by atoms with E-state index in [9.17, 15) is 0 Å². The van der Waals surface area contributed by atoms with Crippen molar-refractivity contribution in [2.24, 2.45) is 0 Å². The van der Waals surface area contributed by atoms with Gasteiger partial charge in [-0.15, -0.1) is 23.1 Å². The van der Waals surface area contributed by atoms with Crippen LogP contribution in [0.15, 0.2) is 58.9 Å². The molecule has 132 valence electrons. The number of rotatable bonds is 4. The van der Waals surface area contributed by atoms with Crippen LogP contribution in [0.4, 0.5) is 0 Å². The first-order valence-corrected chi connectivity index (χ1v) is 10.5. The number of hydrogen-bond donors (Lipinski definition) is 0. The van der Waals surface area contributed by atoms with E-state index in [0.29, 0.717) is 5.56 Å². The molecule has 3 nitrogen and oxygen atoms in total. The van der Waals surface area contributed by atoms with E-state index in [0.717, 1.165) is 48.5 Å². The van der Waals surface area contributed by atoms with Gasteiger partial charge in [-0.2, -0.15) is 5.26 Å². The second-order valence-electron chi connectivity index (χ2n) is 6.01. The number of thioether (sulfide) groups is 1. The number of fused-ring (bicyclic) bond motifs is 1. The van der Waals surface area contributed by atoms with E-state index < -0.39 is 0 Å². The number of hydrogen-bond acceptors (Lipinski definition) is 5. The first-order chi connectivity index (χ1) is 13.1. The smallest absolute Gasteiger partial charge is 0.128 e. The van der Waals surface area contributed by atoms with Crippen LogP contribution >= 0.6 is 34.7 Å². The fraction of sp³-hybridized carbons (Fsp3) is 0.0952. The zero-order valence-electron chi connectivity index (χ0n) is 14.4. The van der Waals surface area contributed by atoms with Gasteiger partial charge in [0.1, 0.15) is 15.7 Å². The standard InChI is InChI=1S/C21H14ClN3S2/c1-13-24-20(26-11-15-4-2-3-14(9-15)10-23)19-18(12-27-21(19)25-13)16-5-7-17(22)8-6-16/h2-9,12H,11H2,1H3. The highest BCUT2D eigenvalue weighted by Crippen LogP contribution is 2.39. The van der Waals surface area contributed by atoms with Crippen molar-refractivity contribution in [3.63, 3.8) is 0 Å². The maximum absolute atomic E-state index is 9.09. The highest BCUT2D eigenvalue weighted by atomic mass is 35.5. The summed E-state index contributed by atoms with van der Waals surface area (Å²) >= 11 is 9.34. The quantitative estimate of drug-likeness (QED) is 0.287. The molecule has 6 heteroatoms. The zero-order valence-corrected chi connectivity index (χ0v) is 16.8. The molecule has 4 aromatic rings. The van der Waals surface area contributed by atoms with Gasteiger partial charge in [-0.05, 0) is 42.3 Å². The van der Waals surface area contributed by atoms with Gasteiger partial charge >= 0.3 is 0 Å². The summed E-state index contributed by atoms with van der Waals surface area (Å²) < 4.78 is 0. The predicted octanol–water partition coefficient (Wildman–Crippen LogP) is 6.48. The highest BCUT2D eigenvalue weighted by Gasteiger charge is 2.15. The Morgan fingerprint density at radius 2 is 1.96 bits per heavy atom. The molecule has 2 aromatic heterocycles. The van der Waals surface area contributed by atoms with Crippen molar-refractivity contribution < 1.29 is 0 Å². The van der Waals surface area contributed by atoms with E-state index in [1.807, 2.05) is 55.5 Å². The van der Waals surface area contributed by atoms with Gasteiger partial charge in [0.25, 0.3) is 0 Å².